The number of nitrogens with zero attached hydrogens (tertiary/aromatic N) is 1. The average Bonchev–Trinajstić information content (AvgIpc) is 2.19. The number of allylic oxidation sites excluding steroid dienone is 1. The summed E-state index contributed by atoms with van der Waals surface area (Å²) in [4.78, 5) is 0. The minimum absolute atomic E-state index is 0.254. The Bertz CT molecular complexity index is 264. The highest BCUT2D eigenvalue weighted by molar-refractivity contribution is 7.85. The minimum atomic E-state index is -1.12. The Balaban J connectivity index is 3.78. The Labute approximate surface area is 103 Å². The summed E-state index contributed by atoms with van der Waals surface area (Å²) in [5.41, 5.74) is 1.27. The first-order valence-corrected chi connectivity index (χ1v) is 7.09. The molecule has 0 aliphatic heterocycles. The third kappa shape index (κ3) is 7.80. The van der Waals surface area contributed by atoms with Gasteiger partial charge in [0.2, 0.25) is 0 Å². The molecule has 0 aliphatic rings. The summed E-state index contributed by atoms with van der Waals surface area (Å²) >= 11 is 0. The van der Waals surface area contributed by atoms with Crippen LogP contribution in [0.1, 0.15) is 59.8 Å². The molecule has 0 spiro atoms. The van der Waals surface area contributed by atoms with E-state index in [2.05, 4.69) is 17.9 Å². The van der Waals surface area contributed by atoms with E-state index in [1.807, 2.05) is 20.8 Å². The molecule has 0 aromatic rings. The zero-order valence-electron chi connectivity index (χ0n) is 11.1. The molecule has 1 atom stereocenters. The van der Waals surface area contributed by atoms with Crippen LogP contribution in [0, 0.1) is 0 Å². The van der Waals surface area contributed by atoms with Gasteiger partial charge in [-0.3, -0.25) is 0 Å². The van der Waals surface area contributed by atoms with Crippen molar-refractivity contribution in [3.8, 4) is 0 Å². The van der Waals surface area contributed by atoms with Gasteiger partial charge in [0.25, 0.3) is 0 Å². The molecule has 0 saturated carbocycles. The van der Waals surface area contributed by atoms with Gasteiger partial charge in [0.15, 0.2) is 0 Å². The van der Waals surface area contributed by atoms with E-state index in [0.717, 1.165) is 19.3 Å². The fourth-order valence-corrected chi connectivity index (χ4v) is 1.66. The summed E-state index contributed by atoms with van der Waals surface area (Å²) in [7, 11) is -1.12. The Morgan fingerprint density at radius 3 is 2.50 bits per heavy atom. The van der Waals surface area contributed by atoms with Gasteiger partial charge in [-0.05, 0) is 46.5 Å². The molecule has 0 unspecified atom stereocenters. The molecule has 0 amide bonds. The maximum Gasteiger partial charge on any atom is 0.144 e. The molecule has 0 rings (SSSR count). The molecular weight excluding hydrogens is 218 g/mol. The normalized spacial score (nSPS) is 14.2. The summed E-state index contributed by atoms with van der Waals surface area (Å²) in [6.07, 6.45) is 7.12. The first-order chi connectivity index (χ1) is 7.38. The second-order valence-corrected chi connectivity index (χ2v) is 6.98. The Morgan fingerprint density at radius 2 is 2.00 bits per heavy atom. The van der Waals surface area contributed by atoms with Crippen LogP contribution in [0.2, 0.25) is 0 Å². The third-order valence-corrected chi connectivity index (χ3v) is 3.59. The van der Waals surface area contributed by atoms with E-state index >= 15 is 0 Å². The van der Waals surface area contributed by atoms with Crippen molar-refractivity contribution in [1.29, 1.82) is 0 Å². The van der Waals surface area contributed by atoms with Crippen LogP contribution < -0.4 is 0 Å². The lowest BCUT2D eigenvalue weighted by Gasteiger charge is -2.12. The minimum Gasteiger partial charge on any atom is -0.234 e. The molecule has 94 valence electrons. The van der Waals surface area contributed by atoms with E-state index < -0.39 is 11.0 Å². The molecule has 0 bridgehead atoms. The fourth-order valence-electron chi connectivity index (χ4n) is 1.10. The number of unbranched alkanes of at least 4 members (excludes halogenated alkanes) is 1. The van der Waals surface area contributed by atoms with E-state index in [1.54, 1.807) is 6.21 Å². The van der Waals surface area contributed by atoms with Gasteiger partial charge in [-0.1, -0.05) is 25.5 Å². The van der Waals surface area contributed by atoms with Gasteiger partial charge >= 0.3 is 0 Å². The SMILES string of the molecule is C=C(CC/C=N/[S@@](=O)C(C)(C)C)CCCC. The quantitative estimate of drug-likeness (QED) is 0.490. The summed E-state index contributed by atoms with van der Waals surface area (Å²) in [6.45, 7) is 12.0. The standard InChI is InChI=1S/C13H25NOS/c1-6-7-9-12(2)10-8-11-14-16(15)13(3,4)5/h11H,2,6-10H2,1,3-5H3/b14-11+/t16-/m0/s1. The first-order valence-electron chi connectivity index (χ1n) is 5.99. The lowest BCUT2D eigenvalue weighted by atomic mass is 10.1. The van der Waals surface area contributed by atoms with Gasteiger partial charge in [0.1, 0.15) is 11.0 Å². The van der Waals surface area contributed by atoms with Gasteiger partial charge < -0.3 is 0 Å². The zero-order valence-corrected chi connectivity index (χ0v) is 11.9. The molecule has 0 radical (unpaired) electrons. The highest BCUT2D eigenvalue weighted by atomic mass is 32.2. The van der Waals surface area contributed by atoms with Crippen molar-refractivity contribution in [3.63, 3.8) is 0 Å². The van der Waals surface area contributed by atoms with Crippen LogP contribution in [0.15, 0.2) is 16.5 Å². The van der Waals surface area contributed by atoms with Crippen LogP contribution in [0.25, 0.3) is 0 Å². The topological polar surface area (TPSA) is 29.4 Å². The monoisotopic (exact) mass is 243 g/mol. The van der Waals surface area contributed by atoms with E-state index in [-0.39, 0.29) is 4.75 Å². The van der Waals surface area contributed by atoms with E-state index in [9.17, 15) is 4.21 Å². The molecule has 0 heterocycles. The van der Waals surface area contributed by atoms with Crippen molar-refractivity contribution in [2.75, 3.05) is 0 Å². The Morgan fingerprint density at radius 1 is 1.38 bits per heavy atom. The summed E-state index contributed by atoms with van der Waals surface area (Å²) in [5, 5.41) is 0. The molecule has 0 aliphatic carbocycles. The van der Waals surface area contributed by atoms with E-state index in [0.29, 0.717) is 0 Å². The molecule has 3 heteroatoms. The summed E-state index contributed by atoms with van der Waals surface area (Å²) < 4.78 is 15.4. The largest absolute Gasteiger partial charge is 0.234 e. The highest BCUT2D eigenvalue weighted by Gasteiger charge is 2.17. The predicted octanol–water partition coefficient (Wildman–Crippen LogP) is 4.05. The van der Waals surface area contributed by atoms with Crippen LogP contribution >= 0.6 is 0 Å². The van der Waals surface area contributed by atoms with Crippen molar-refractivity contribution in [2.45, 2.75) is 64.5 Å². The Hall–Kier alpha value is -0.440. The Kier molecular flexibility index (Phi) is 7.56. The maximum atomic E-state index is 11.6. The molecule has 2 nitrogen and oxygen atoms in total. The van der Waals surface area contributed by atoms with Crippen molar-refractivity contribution < 1.29 is 4.21 Å². The molecule has 16 heavy (non-hydrogen) atoms. The fraction of sp³-hybridized carbons (Fsp3) is 0.769. The van der Waals surface area contributed by atoms with Crippen molar-refractivity contribution in [1.82, 2.24) is 0 Å². The first kappa shape index (κ1) is 15.6. The zero-order chi connectivity index (χ0) is 12.6. The van der Waals surface area contributed by atoms with Crippen LogP contribution in [0.5, 0.6) is 0 Å². The van der Waals surface area contributed by atoms with Crippen LogP contribution in [0.3, 0.4) is 0 Å². The van der Waals surface area contributed by atoms with Crippen LogP contribution in [-0.4, -0.2) is 15.2 Å². The van der Waals surface area contributed by atoms with Crippen molar-refractivity contribution in [3.05, 3.63) is 12.2 Å². The maximum absolute atomic E-state index is 11.6. The van der Waals surface area contributed by atoms with Gasteiger partial charge in [0, 0.05) is 6.21 Å². The number of rotatable bonds is 7. The highest BCUT2D eigenvalue weighted by Crippen LogP contribution is 2.13. The smallest absolute Gasteiger partial charge is 0.144 e. The third-order valence-electron chi connectivity index (χ3n) is 2.21. The van der Waals surface area contributed by atoms with Crippen LogP contribution in [-0.2, 0) is 11.0 Å². The van der Waals surface area contributed by atoms with Crippen molar-refractivity contribution >= 4 is 17.2 Å². The lowest BCUT2D eigenvalue weighted by Crippen LogP contribution is -2.19. The molecular formula is C13H25NOS. The summed E-state index contributed by atoms with van der Waals surface area (Å²) in [5.74, 6) is 0. The molecule has 0 fully saturated rings. The number of hydrogen-bond acceptors (Lipinski definition) is 1. The lowest BCUT2D eigenvalue weighted by molar-refractivity contribution is 0.650. The van der Waals surface area contributed by atoms with Crippen molar-refractivity contribution in [2.24, 2.45) is 4.40 Å². The van der Waals surface area contributed by atoms with E-state index in [1.165, 1.54) is 18.4 Å². The van der Waals surface area contributed by atoms with Crippen LogP contribution in [0.4, 0.5) is 0 Å². The second kappa shape index (κ2) is 7.77. The average molecular weight is 243 g/mol. The molecule has 0 aromatic heterocycles. The van der Waals surface area contributed by atoms with E-state index in [4.69, 9.17) is 0 Å². The molecule has 0 saturated heterocycles. The second-order valence-electron chi connectivity index (χ2n) is 5.04. The van der Waals surface area contributed by atoms with Gasteiger partial charge in [0.05, 0.1) is 4.75 Å². The van der Waals surface area contributed by atoms with Gasteiger partial charge in [-0.25, -0.2) is 4.21 Å². The van der Waals surface area contributed by atoms with Gasteiger partial charge in [-0.15, -0.1) is 0 Å². The number of hydrogen-bond donors (Lipinski definition) is 0. The molecule has 0 aromatic carbocycles. The van der Waals surface area contributed by atoms with Gasteiger partial charge in [-0.2, -0.15) is 4.40 Å². The molecule has 0 N–H and O–H groups in total. The summed E-state index contributed by atoms with van der Waals surface area (Å²) in [6, 6.07) is 0. The predicted molar refractivity (Wildman–Crippen MR) is 74.3 cm³/mol.